The van der Waals surface area contributed by atoms with Crippen LogP contribution in [0.4, 0.5) is 16.2 Å². The Labute approximate surface area is 182 Å². The van der Waals surface area contributed by atoms with Crippen LogP contribution in [0.1, 0.15) is 12.0 Å². The number of imide groups is 1. The first kappa shape index (κ1) is 22.0. The summed E-state index contributed by atoms with van der Waals surface area (Å²) in [7, 11) is 0. The van der Waals surface area contributed by atoms with E-state index in [1.54, 1.807) is 24.3 Å². The van der Waals surface area contributed by atoms with Gasteiger partial charge in [-0.3, -0.25) is 29.4 Å². The minimum atomic E-state index is -0.495. The first-order valence-electron chi connectivity index (χ1n) is 9.50. The summed E-state index contributed by atoms with van der Waals surface area (Å²) in [4.78, 5) is 48.5. The highest BCUT2D eigenvalue weighted by Crippen LogP contribution is 2.31. The summed E-state index contributed by atoms with van der Waals surface area (Å²) in [6, 6.07) is 15.4. The number of amides is 3. The number of anilines is 1. The van der Waals surface area contributed by atoms with E-state index in [1.807, 2.05) is 30.3 Å². The molecular formula is C21H20N4O5S. The monoisotopic (exact) mass is 440 g/mol. The lowest BCUT2D eigenvalue weighted by atomic mass is 10.2. The van der Waals surface area contributed by atoms with Crippen LogP contribution in [0.25, 0.3) is 6.08 Å². The summed E-state index contributed by atoms with van der Waals surface area (Å²) < 4.78 is 0. The van der Waals surface area contributed by atoms with E-state index < -0.39 is 4.92 Å². The van der Waals surface area contributed by atoms with Crippen LogP contribution in [-0.2, 0) is 9.59 Å². The van der Waals surface area contributed by atoms with Crippen molar-refractivity contribution in [2.24, 2.45) is 0 Å². The average molecular weight is 440 g/mol. The van der Waals surface area contributed by atoms with Gasteiger partial charge in [-0.15, -0.1) is 0 Å². The highest BCUT2D eigenvalue weighted by Gasteiger charge is 2.34. The fourth-order valence-electron chi connectivity index (χ4n) is 2.88. The number of para-hydroxylation sites is 2. The van der Waals surface area contributed by atoms with Crippen LogP contribution in [0.5, 0.6) is 0 Å². The number of thioether (sulfide) groups is 1. The molecule has 1 heterocycles. The SMILES string of the molecule is O=C(CCNc1ccccc1[N+](=O)[O-])NCCN1C(=O)S/C(=C\c2ccccc2)C1=O. The second-order valence-electron chi connectivity index (χ2n) is 6.55. The van der Waals surface area contributed by atoms with E-state index in [9.17, 15) is 24.5 Å². The normalized spacial score (nSPS) is 14.7. The second kappa shape index (κ2) is 10.4. The zero-order valence-corrected chi connectivity index (χ0v) is 17.3. The van der Waals surface area contributed by atoms with E-state index >= 15 is 0 Å². The molecule has 1 fully saturated rings. The van der Waals surface area contributed by atoms with Crippen LogP contribution in [0.3, 0.4) is 0 Å². The highest BCUT2D eigenvalue weighted by atomic mass is 32.2. The van der Waals surface area contributed by atoms with Crippen LogP contribution in [0, 0.1) is 10.1 Å². The molecule has 0 spiro atoms. The van der Waals surface area contributed by atoms with Gasteiger partial charge in [-0.05, 0) is 29.5 Å². The maximum atomic E-state index is 12.5. The third kappa shape index (κ3) is 5.92. The largest absolute Gasteiger partial charge is 0.379 e. The first-order chi connectivity index (χ1) is 15.0. The minimum Gasteiger partial charge on any atom is -0.379 e. The van der Waals surface area contributed by atoms with Crippen molar-refractivity contribution in [2.75, 3.05) is 25.0 Å². The number of nitrogens with zero attached hydrogens (tertiary/aromatic N) is 2. The lowest BCUT2D eigenvalue weighted by molar-refractivity contribution is -0.384. The molecule has 2 N–H and O–H groups in total. The molecule has 160 valence electrons. The molecule has 3 rings (SSSR count). The number of nitro benzene ring substituents is 1. The van der Waals surface area contributed by atoms with E-state index in [0.29, 0.717) is 10.6 Å². The van der Waals surface area contributed by atoms with Crippen LogP contribution < -0.4 is 10.6 Å². The molecule has 0 atom stereocenters. The van der Waals surface area contributed by atoms with Crippen molar-refractivity contribution in [1.29, 1.82) is 0 Å². The molecule has 2 aromatic carbocycles. The third-order valence-electron chi connectivity index (χ3n) is 4.40. The zero-order chi connectivity index (χ0) is 22.2. The van der Waals surface area contributed by atoms with E-state index in [1.165, 1.54) is 6.07 Å². The Morgan fingerprint density at radius 1 is 1.06 bits per heavy atom. The van der Waals surface area contributed by atoms with Crippen LogP contribution in [0.15, 0.2) is 59.5 Å². The fourth-order valence-corrected chi connectivity index (χ4v) is 3.75. The zero-order valence-electron chi connectivity index (χ0n) is 16.4. The Morgan fingerprint density at radius 2 is 1.77 bits per heavy atom. The quantitative estimate of drug-likeness (QED) is 0.349. The van der Waals surface area contributed by atoms with Crippen molar-refractivity contribution < 1.29 is 19.3 Å². The Morgan fingerprint density at radius 3 is 2.52 bits per heavy atom. The molecule has 2 aromatic rings. The predicted octanol–water partition coefficient (Wildman–Crippen LogP) is 3.25. The molecule has 0 radical (unpaired) electrons. The molecule has 0 aromatic heterocycles. The maximum Gasteiger partial charge on any atom is 0.293 e. The second-order valence-corrected chi connectivity index (χ2v) is 7.54. The number of nitrogens with one attached hydrogen (secondary N) is 2. The Balaban J connectivity index is 1.43. The van der Waals surface area contributed by atoms with E-state index in [4.69, 9.17) is 0 Å². The van der Waals surface area contributed by atoms with Gasteiger partial charge in [0.15, 0.2) is 0 Å². The van der Waals surface area contributed by atoms with Crippen molar-refractivity contribution in [1.82, 2.24) is 10.2 Å². The molecular weight excluding hydrogens is 420 g/mol. The number of hydrogen-bond acceptors (Lipinski definition) is 7. The lowest BCUT2D eigenvalue weighted by Gasteiger charge is -2.13. The predicted molar refractivity (Wildman–Crippen MR) is 118 cm³/mol. The van der Waals surface area contributed by atoms with Crippen LogP contribution in [-0.4, -0.2) is 46.5 Å². The van der Waals surface area contributed by atoms with Crippen molar-refractivity contribution in [2.45, 2.75) is 6.42 Å². The van der Waals surface area contributed by atoms with Crippen LogP contribution in [0.2, 0.25) is 0 Å². The highest BCUT2D eigenvalue weighted by molar-refractivity contribution is 8.18. The summed E-state index contributed by atoms with van der Waals surface area (Å²) in [6.07, 6.45) is 1.75. The number of hydrogen-bond donors (Lipinski definition) is 2. The third-order valence-corrected chi connectivity index (χ3v) is 5.30. The minimum absolute atomic E-state index is 0.0640. The Kier molecular flexibility index (Phi) is 7.39. The number of nitro groups is 1. The molecule has 1 aliphatic rings. The number of carbonyl (C=O) groups excluding carboxylic acids is 3. The van der Waals surface area contributed by atoms with E-state index in [0.717, 1.165) is 22.2 Å². The number of rotatable bonds is 9. The molecule has 9 nitrogen and oxygen atoms in total. The van der Waals surface area contributed by atoms with Gasteiger partial charge in [-0.25, -0.2) is 0 Å². The summed E-state index contributed by atoms with van der Waals surface area (Å²) >= 11 is 0.871. The number of benzene rings is 2. The average Bonchev–Trinajstić information content (AvgIpc) is 3.02. The molecule has 1 aliphatic heterocycles. The fraction of sp³-hybridized carbons (Fsp3) is 0.190. The van der Waals surface area contributed by atoms with Crippen molar-refractivity contribution in [3.8, 4) is 0 Å². The number of carbonyl (C=O) groups is 3. The first-order valence-corrected chi connectivity index (χ1v) is 10.3. The van der Waals surface area contributed by atoms with Gasteiger partial charge in [-0.1, -0.05) is 42.5 Å². The summed E-state index contributed by atoms with van der Waals surface area (Å²) in [6.45, 7) is 0.402. The van der Waals surface area contributed by atoms with E-state index in [-0.39, 0.29) is 48.8 Å². The van der Waals surface area contributed by atoms with Gasteiger partial charge in [0.25, 0.3) is 16.8 Å². The van der Waals surface area contributed by atoms with Crippen molar-refractivity contribution >= 4 is 46.3 Å². The lowest BCUT2D eigenvalue weighted by Crippen LogP contribution is -2.37. The van der Waals surface area contributed by atoms with Gasteiger partial charge >= 0.3 is 0 Å². The molecule has 3 amide bonds. The van der Waals surface area contributed by atoms with Gasteiger partial charge in [0.1, 0.15) is 5.69 Å². The summed E-state index contributed by atoms with van der Waals surface area (Å²) in [5.74, 6) is -0.677. The molecule has 0 bridgehead atoms. The van der Waals surface area contributed by atoms with Gasteiger partial charge in [0.2, 0.25) is 5.91 Å². The standard InChI is InChI=1S/C21H20N4O5S/c26-19(10-11-22-16-8-4-5-9-17(16)25(29)30)23-12-13-24-20(27)18(31-21(24)28)14-15-6-2-1-3-7-15/h1-9,14,22H,10-13H2,(H,23,26)/b18-14-. The van der Waals surface area contributed by atoms with Crippen molar-refractivity contribution in [3.63, 3.8) is 0 Å². The van der Waals surface area contributed by atoms with Gasteiger partial charge in [0.05, 0.1) is 9.83 Å². The van der Waals surface area contributed by atoms with Gasteiger partial charge in [-0.2, -0.15) is 0 Å². The molecule has 1 saturated heterocycles. The topological polar surface area (TPSA) is 122 Å². The molecule has 31 heavy (non-hydrogen) atoms. The smallest absolute Gasteiger partial charge is 0.293 e. The van der Waals surface area contributed by atoms with Crippen molar-refractivity contribution in [3.05, 3.63) is 75.2 Å². The molecule has 0 saturated carbocycles. The summed E-state index contributed by atoms with van der Waals surface area (Å²) in [5.41, 5.74) is 1.10. The van der Waals surface area contributed by atoms with Crippen LogP contribution >= 0.6 is 11.8 Å². The Hall–Kier alpha value is -3.66. The molecule has 0 unspecified atom stereocenters. The van der Waals surface area contributed by atoms with Gasteiger partial charge < -0.3 is 10.6 Å². The molecule has 10 heteroatoms. The molecule has 0 aliphatic carbocycles. The summed E-state index contributed by atoms with van der Waals surface area (Å²) in [5, 5.41) is 16.1. The maximum absolute atomic E-state index is 12.5. The Bertz CT molecular complexity index is 1030. The van der Waals surface area contributed by atoms with Gasteiger partial charge in [0, 0.05) is 32.1 Å². The van der Waals surface area contributed by atoms with E-state index in [2.05, 4.69) is 10.6 Å².